The molecular weight excluding hydrogens is 328 g/mol. The fourth-order valence-corrected chi connectivity index (χ4v) is 4.21. The lowest BCUT2D eigenvalue weighted by Gasteiger charge is -2.48. The van der Waals surface area contributed by atoms with Crippen molar-refractivity contribution in [3.05, 3.63) is 30.1 Å². The van der Waals surface area contributed by atoms with Crippen molar-refractivity contribution >= 4 is 11.8 Å². The number of carbonyl (C=O) groups is 2. The van der Waals surface area contributed by atoms with Crippen molar-refractivity contribution in [1.29, 1.82) is 0 Å². The van der Waals surface area contributed by atoms with Crippen molar-refractivity contribution in [2.45, 2.75) is 32.1 Å². The number of rotatable bonds is 5. The molecule has 142 valence electrons. The van der Waals surface area contributed by atoms with Crippen LogP contribution in [0.1, 0.15) is 31.4 Å². The zero-order valence-electron chi connectivity index (χ0n) is 16.0. The summed E-state index contributed by atoms with van der Waals surface area (Å²) in [6.45, 7) is 3.92. The molecule has 2 aliphatic heterocycles. The van der Waals surface area contributed by atoms with Gasteiger partial charge in [0.1, 0.15) is 0 Å². The van der Waals surface area contributed by atoms with Gasteiger partial charge < -0.3 is 9.80 Å². The van der Waals surface area contributed by atoms with Gasteiger partial charge in [-0.15, -0.1) is 0 Å². The first-order valence-corrected chi connectivity index (χ1v) is 9.58. The topological polar surface area (TPSA) is 56.8 Å². The van der Waals surface area contributed by atoms with Crippen LogP contribution in [0.3, 0.4) is 0 Å². The van der Waals surface area contributed by atoms with E-state index >= 15 is 0 Å². The first-order valence-electron chi connectivity index (χ1n) is 9.58. The summed E-state index contributed by atoms with van der Waals surface area (Å²) in [7, 11) is 3.61. The van der Waals surface area contributed by atoms with E-state index in [2.05, 4.69) is 9.88 Å². The van der Waals surface area contributed by atoms with Crippen molar-refractivity contribution in [3.63, 3.8) is 0 Å². The summed E-state index contributed by atoms with van der Waals surface area (Å²) in [4.78, 5) is 34.8. The smallest absolute Gasteiger partial charge is 0.236 e. The predicted molar refractivity (Wildman–Crippen MR) is 101 cm³/mol. The number of pyridine rings is 1. The summed E-state index contributed by atoms with van der Waals surface area (Å²) in [6.07, 6.45) is 6.41. The van der Waals surface area contributed by atoms with Crippen LogP contribution in [-0.4, -0.2) is 78.3 Å². The van der Waals surface area contributed by atoms with E-state index in [4.69, 9.17) is 0 Å². The van der Waals surface area contributed by atoms with E-state index in [0.717, 1.165) is 57.6 Å². The first-order chi connectivity index (χ1) is 12.5. The van der Waals surface area contributed by atoms with Crippen molar-refractivity contribution in [2.75, 3.05) is 46.8 Å². The van der Waals surface area contributed by atoms with Gasteiger partial charge in [0.2, 0.25) is 11.8 Å². The van der Waals surface area contributed by atoms with Gasteiger partial charge in [-0.05, 0) is 37.9 Å². The minimum atomic E-state index is 0.142. The molecule has 6 heteroatoms. The van der Waals surface area contributed by atoms with Crippen LogP contribution in [0, 0.1) is 5.41 Å². The fourth-order valence-electron chi connectivity index (χ4n) is 4.21. The second kappa shape index (κ2) is 8.16. The van der Waals surface area contributed by atoms with Gasteiger partial charge in [-0.1, -0.05) is 6.07 Å². The third-order valence-electron chi connectivity index (χ3n) is 5.71. The average molecular weight is 358 g/mol. The molecule has 1 aromatic heterocycles. The van der Waals surface area contributed by atoms with Crippen LogP contribution < -0.4 is 0 Å². The van der Waals surface area contributed by atoms with Crippen LogP contribution in [0.2, 0.25) is 0 Å². The maximum Gasteiger partial charge on any atom is 0.236 e. The van der Waals surface area contributed by atoms with E-state index in [1.54, 1.807) is 25.2 Å². The van der Waals surface area contributed by atoms with Gasteiger partial charge in [-0.3, -0.25) is 19.5 Å². The minimum Gasteiger partial charge on any atom is -0.348 e. The Kier molecular flexibility index (Phi) is 5.91. The van der Waals surface area contributed by atoms with E-state index in [-0.39, 0.29) is 17.2 Å². The molecular formula is C20H30N4O2. The van der Waals surface area contributed by atoms with Gasteiger partial charge in [0, 0.05) is 63.9 Å². The third kappa shape index (κ3) is 4.61. The molecule has 3 rings (SSSR count). The number of amides is 2. The molecule has 26 heavy (non-hydrogen) atoms. The molecule has 0 bridgehead atoms. The number of nitrogens with zero attached hydrogens (tertiary/aromatic N) is 4. The zero-order valence-corrected chi connectivity index (χ0v) is 16.0. The fraction of sp³-hybridized carbons (Fsp3) is 0.650. The normalized spacial score (nSPS) is 24.1. The van der Waals surface area contributed by atoms with E-state index in [9.17, 15) is 9.59 Å². The molecule has 2 saturated heterocycles. The number of aromatic nitrogens is 1. The Morgan fingerprint density at radius 3 is 2.85 bits per heavy atom. The summed E-state index contributed by atoms with van der Waals surface area (Å²) < 4.78 is 0. The Bertz CT molecular complexity index is 634. The molecule has 1 unspecified atom stereocenters. The Morgan fingerprint density at radius 2 is 2.12 bits per heavy atom. The number of piperidine rings is 2. The summed E-state index contributed by atoms with van der Waals surface area (Å²) >= 11 is 0. The third-order valence-corrected chi connectivity index (χ3v) is 5.71. The Labute approximate surface area is 156 Å². The molecule has 0 N–H and O–H groups in total. The predicted octanol–water partition coefficient (Wildman–Crippen LogP) is 1.42. The maximum atomic E-state index is 12.4. The molecule has 1 spiro atoms. The van der Waals surface area contributed by atoms with Gasteiger partial charge >= 0.3 is 0 Å². The lowest BCUT2D eigenvalue weighted by Crippen LogP contribution is -2.55. The van der Waals surface area contributed by atoms with Crippen LogP contribution in [0.15, 0.2) is 24.4 Å². The molecule has 1 atom stereocenters. The molecule has 0 aliphatic carbocycles. The van der Waals surface area contributed by atoms with Crippen LogP contribution >= 0.6 is 0 Å². The second-order valence-electron chi connectivity index (χ2n) is 7.99. The Balaban J connectivity index is 1.60. The van der Waals surface area contributed by atoms with Gasteiger partial charge in [-0.2, -0.15) is 0 Å². The van der Waals surface area contributed by atoms with Crippen molar-refractivity contribution in [1.82, 2.24) is 19.7 Å². The van der Waals surface area contributed by atoms with Crippen LogP contribution in [0.25, 0.3) is 0 Å². The van der Waals surface area contributed by atoms with Crippen LogP contribution in [-0.2, 0) is 16.0 Å². The maximum absolute atomic E-state index is 12.4. The number of likely N-dealkylation sites (tertiary alicyclic amines) is 2. The summed E-state index contributed by atoms with van der Waals surface area (Å²) in [5.74, 6) is 0.411. The SMILES string of the molecule is CN(C)C(=O)CN1CCCC2(CCC(=O)N(CCc3ccccn3)C2)C1. The largest absolute Gasteiger partial charge is 0.348 e. The highest BCUT2D eigenvalue weighted by Crippen LogP contribution is 2.38. The second-order valence-corrected chi connectivity index (χ2v) is 7.99. The van der Waals surface area contributed by atoms with E-state index in [0.29, 0.717) is 13.0 Å². The van der Waals surface area contributed by atoms with Gasteiger partial charge in [0.25, 0.3) is 0 Å². The first kappa shape index (κ1) is 18.8. The van der Waals surface area contributed by atoms with Gasteiger partial charge in [0.15, 0.2) is 0 Å². The highest BCUT2D eigenvalue weighted by molar-refractivity contribution is 5.78. The number of likely N-dealkylation sites (N-methyl/N-ethyl adjacent to an activating group) is 1. The number of carbonyl (C=O) groups excluding carboxylic acids is 2. The van der Waals surface area contributed by atoms with Crippen LogP contribution in [0.4, 0.5) is 0 Å². The lowest BCUT2D eigenvalue weighted by atomic mass is 9.73. The number of hydrogen-bond acceptors (Lipinski definition) is 4. The van der Waals surface area contributed by atoms with Crippen molar-refractivity contribution < 1.29 is 9.59 Å². The van der Waals surface area contributed by atoms with Gasteiger partial charge in [0.05, 0.1) is 6.54 Å². The lowest BCUT2D eigenvalue weighted by molar-refractivity contribution is -0.140. The van der Waals surface area contributed by atoms with E-state index in [1.165, 1.54) is 0 Å². The van der Waals surface area contributed by atoms with Gasteiger partial charge in [-0.25, -0.2) is 0 Å². The standard InChI is InChI=1S/C20H30N4O2/c1-22(2)19(26)14-23-12-5-9-20(15-23)10-7-18(25)24(16-20)13-8-17-6-3-4-11-21-17/h3-4,6,11H,5,7-10,12-16H2,1-2H3. The molecule has 2 amide bonds. The summed E-state index contributed by atoms with van der Waals surface area (Å²) in [5.41, 5.74) is 1.17. The monoisotopic (exact) mass is 358 g/mol. The molecule has 6 nitrogen and oxygen atoms in total. The van der Waals surface area contributed by atoms with E-state index in [1.807, 2.05) is 23.1 Å². The molecule has 3 heterocycles. The Morgan fingerprint density at radius 1 is 1.27 bits per heavy atom. The minimum absolute atomic E-state index is 0.142. The number of hydrogen-bond donors (Lipinski definition) is 0. The quantitative estimate of drug-likeness (QED) is 0.799. The molecule has 0 saturated carbocycles. The van der Waals surface area contributed by atoms with E-state index < -0.39 is 0 Å². The summed E-state index contributed by atoms with van der Waals surface area (Å²) in [5, 5.41) is 0. The molecule has 2 fully saturated rings. The summed E-state index contributed by atoms with van der Waals surface area (Å²) in [6, 6.07) is 5.91. The highest BCUT2D eigenvalue weighted by Gasteiger charge is 2.41. The zero-order chi connectivity index (χ0) is 18.6. The molecule has 1 aromatic rings. The molecule has 0 aromatic carbocycles. The van der Waals surface area contributed by atoms with Crippen molar-refractivity contribution in [3.8, 4) is 0 Å². The molecule has 0 radical (unpaired) electrons. The van der Waals surface area contributed by atoms with Crippen LogP contribution in [0.5, 0.6) is 0 Å². The van der Waals surface area contributed by atoms with Crippen molar-refractivity contribution in [2.24, 2.45) is 5.41 Å². The molecule has 2 aliphatic rings. The Hall–Kier alpha value is -1.95. The highest BCUT2D eigenvalue weighted by atomic mass is 16.2. The average Bonchev–Trinajstić information content (AvgIpc) is 2.64.